The lowest BCUT2D eigenvalue weighted by atomic mass is 9.87. The van der Waals surface area contributed by atoms with Crippen molar-refractivity contribution in [3.05, 3.63) is 82.6 Å². The smallest absolute Gasteiger partial charge is 0.314 e. The minimum atomic E-state index is -0.963. The molecular formula is C25H19ClN4O3. The molecule has 2 aliphatic rings. The average molecular weight is 459 g/mol. The van der Waals surface area contributed by atoms with Crippen LogP contribution in [0.15, 0.2) is 60.8 Å². The van der Waals surface area contributed by atoms with Crippen LogP contribution in [0.4, 0.5) is 10.5 Å². The summed E-state index contributed by atoms with van der Waals surface area (Å²) in [6.45, 7) is 0.498. The van der Waals surface area contributed by atoms with Crippen LogP contribution in [-0.2, 0) is 11.2 Å². The Morgan fingerprint density at radius 2 is 1.85 bits per heavy atom. The van der Waals surface area contributed by atoms with E-state index in [1.807, 2.05) is 12.1 Å². The first-order valence-corrected chi connectivity index (χ1v) is 10.9. The van der Waals surface area contributed by atoms with Crippen molar-refractivity contribution in [1.29, 1.82) is 5.26 Å². The van der Waals surface area contributed by atoms with Crippen LogP contribution < -0.4 is 4.90 Å². The first-order valence-electron chi connectivity index (χ1n) is 10.6. The van der Waals surface area contributed by atoms with Gasteiger partial charge in [-0.25, -0.2) is 9.69 Å². The molecule has 7 nitrogen and oxygen atoms in total. The van der Waals surface area contributed by atoms with E-state index in [0.717, 1.165) is 18.3 Å². The van der Waals surface area contributed by atoms with Crippen LogP contribution in [0.1, 0.15) is 34.5 Å². The van der Waals surface area contributed by atoms with Gasteiger partial charge in [-0.3, -0.25) is 9.59 Å². The lowest BCUT2D eigenvalue weighted by Gasteiger charge is -2.28. The number of halogens is 1. The number of benzene rings is 2. The highest BCUT2D eigenvalue weighted by Gasteiger charge is 2.59. The van der Waals surface area contributed by atoms with Crippen molar-refractivity contribution in [2.24, 2.45) is 0 Å². The summed E-state index contributed by atoms with van der Waals surface area (Å²) in [7, 11) is 0. The van der Waals surface area contributed by atoms with Gasteiger partial charge in [-0.15, -0.1) is 0 Å². The number of hydrogen-bond donors (Lipinski definition) is 0. The molecule has 2 fully saturated rings. The van der Waals surface area contributed by atoms with Crippen molar-refractivity contribution in [2.75, 3.05) is 11.4 Å². The second-order valence-electron chi connectivity index (χ2n) is 8.28. The predicted octanol–water partition coefficient (Wildman–Crippen LogP) is 4.36. The minimum Gasteiger partial charge on any atom is -0.314 e. The molecule has 0 N–H and O–H groups in total. The fourth-order valence-corrected chi connectivity index (χ4v) is 5.09. The van der Waals surface area contributed by atoms with E-state index in [-0.39, 0.29) is 11.9 Å². The Hall–Kier alpha value is -3.89. The molecule has 164 valence electrons. The van der Waals surface area contributed by atoms with Gasteiger partial charge in [0.1, 0.15) is 5.54 Å². The zero-order valence-corrected chi connectivity index (χ0v) is 18.3. The van der Waals surface area contributed by atoms with Crippen LogP contribution in [0, 0.1) is 11.3 Å². The zero-order chi connectivity index (χ0) is 23.2. The Bertz CT molecular complexity index is 1320. The molecule has 0 saturated carbocycles. The monoisotopic (exact) mass is 458 g/mol. The second-order valence-corrected chi connectivity index (χ2v) is 8.72. The maximum Gasteiger partial charge on any atom is 0.332 e. The molecule has 2 aliphatic heterocycles. The molecule has 3 aromatic rings. The fraction of sp³-hybridized carbons (Fsp3) is 0.200. The minimum absolute atomic E-state index is 0.286. The quantitative estimate of drug-likeness (QED) is 0.420. The standard InChI is InChI=1S/C25H19ClN4O3/c26-19-11-21(28-9-1-3-20(28)16-31)13-22(12-19)30-23(32)25(8-2-10-29(25)24(30)33)14-17-4-6-18(15-27)7-5-17/h1,3-7,9,11-13,16H,2,8,10,14H2. The molecule has 3 amide bonds. The fourth-order valence-electron chi connectivity index (χ4n) is 4.87. The number of hydrogen-bond acceptors (Lipinski definition) is 4. The van der Waals surface area contributed by atoms with Gasteiger partial charge < -0.3 is 9.47 Å². The van der Waals surface area contributed by atoms with Gasteiger partial charge in [0.05, 0.1) is 23.0 Å². The molecular weight excluding hydrogens is 440 g/mol. The largest absolute Gasteiger partial charge is 0.332 e. The molecule has 3 heterocycles. The number of urea groups is 1. The molecule has 8 heteroatoms. The topological polar surface area (TPSA) is 86.4 Å². The molecule has 0 aliphatic carbocycles. The molecule has 0 radical (unpaired) electrons. The number of anilines is 1. The summed E-state index contributed by atoms with van der Waals surface area (Å²) in [5, 5.41) is 9.40. The summed E-state index contributed by atoms with van der Waals surface area (Å²) in [6, 6.07) is 17.2. The Morgan fingerprint density at radius 1 is 1.09 bits per heavy atom. The van der Waals surface area contributed by atoms with Gasteiger partial charge in [0, 0.05) is 29.9 Å². The van der Waals surface area contributed by atoms with Gasteiger partial charge in [-0.2, -0.15) is 5.26 Å². The van der Waals surface area contributed by atoms with Crippen molar-refractivity contribution < 1.29 is 14.4 Å². The Labute approximate surface area is 195 Å². The van der Waals surface area contributed by atoms with Gasteiger partial charge in [-0.1, -0.05) is 23.7 Å². The Morgan fingerprint density at radius 3 is 2.58 bits per heavy atom. The van der Waals surface area contributed by atoms with Crippen LogP contribution in [-0.4, -0.2) is 39.8 Å². The van der Waals surface area contributed by atoms with Crippen molar-refractivity contribution in [3.8, 4) is 11.8 Å². The molecule has 2 saturated heterocycles. The van der Waals surface area contributed by atoms with Crippen LogP contribution >= 0.6 is 11.6 Å². The van der Waals surface area contributed by atoms with E-state index >= 15 is 0 Å². The highest BCUT2D eigenvalue weighted by atomic mass is 35.5. The number of carbonyl (C=O) groups excluding carboxylic acids is 3. The van der Waals surface area contributed by atoms with E-state index in [0.29, 0.717) is 47.0 Å². The van der Waals surface area contributed by atoms with E-state index in [9.17, 15) is 14.4 Å². The Balaban J connectivity index is 1.54. The number of rotatable bonds is 5. The number of fused-ring (bicyclic) bond motifs is 1. The summed E-state index contributed by atoms with van der Waals surface area (Å²) < 4.78 is 1.65. The summed E-state index contributed by atoms with van der Waals surface area (Å²) in [5.74, 6) is -0.286. The summed E-state index contributed by atoms with van der Waals surface area (Å²) in [6.07, 6.45) is 4.13. The highest BCUT2D eigenvalue weighted by Crippen LogP contribution is 2.43. The molecule has 0 spiro atoms. The number of amides is 3. The summed E-state index contributed by atoms with van der Waals surface area (Å²) in [4.78, 5) is 41.4. The van der Waals surface area contributed by atoms with Crippen molar-refractivity contribution in [3.63, 3.8) is 0 Å². The van der Waals surface area contributed by atoms with Crippen LogP contribution in [0.25, 0.3) is 5.69 Å². The van der Waals surface area contributed by atoms with Crippen LogP contribution in [0.2, 0.25) is 5.02 Å². The molecule has 33 heavy (non-hydrogen) atoms. The number of nitrogens with zero attached hydrogens (tertiary/aromatic N) is 4. The average Bonchev–Trinajstić information content (AvgIpc) is 3.50. The normalized spacial score (nSPS) is 19.6. The molecule has 5 rings (SSSR count). The number of aromatic nitrogens is 1. The molecule has 1 aromatic heterocycles. The van der Waals surface area contributed by atoms with E-state index in [1.54, 1.807) is 58.1 Å². The van der Waals surface area contributed by atoms with E-state index in [4.69, 9.17) is 16.9 Å². The van der Waals surface area contributed by atoms with Gasteiger partial charge in [0.2, 0.25) is 0 Å². The maximum absolute atomic E-state index is 13.8. The van der Waals surface area contributed by atoms with Crippen molar-refractivity contribution >= 4 is 35.5 Å². The second kappa shape index (κ2) is 7.91. The number of nitriles is 1. The van der Waals surface area contributed by atoms with Gasteiger partial charge in [-0.05, 0) is 60.9 Å². The lowest BCUT2D eigenvalue weighted by Crippen LogP contribution is -2.47. The third-order valence-electron chi connectivity index (χ3n) is 6.40. The third-order valence-corrected chi connectivity index (χ3v) is 6.61. The SMILES string of the molecule is N#Cc1ccc(CC23CCCN2C(=O)N(c2cc(Cl)cc(-n4cccc4C=O)c2)C3=O)cc1. The third kappa shape index (κ3) is 3.31. The first kappa shape index (κ1) is 21.0. The van der Waals surface area contributed by atoms with Crippen molar-refractivity contribution in [1.82, 2.24) is 9.47 Å². The molecule has 0 bridgehead atoms. The van der Waals surface area contributed by atoms with E-state index < -0.39 is 5.54 Å². The molecule has 1 atom stereocenters. The first-order chi connectivity index (χ1) is 16.0. The Kier molecular flexibility index (Phi) is 5.03. The van der Waals surface area contributed by atoms with E-state index in [1.165, 1.54) is 4.90 Å². The van der Waals surface area contributed by atoms with Crippen LogP contribution in [0.5, 0.6) is 0 Å². The number of imide groups is 1. The maximum atomic E-state index is 13.8. The van der Waals surface area contributed by atoms with Gasteiger partial charge >= 0.3 is 6.03 Å². The van der Waals surface area contributed by atoms with Crippen molar-refractivity contribution in [2.45, 2.75) is 24.8 Å². The predicted molar refractivity (Wildman–Crippen MR) is 123 cm³/mol. The number of carbonyl (C=O) groups is 3. The van der Waals surface area contributed by atoms with Crippen LogP contribution in [0.3, 0.4) is 0 Å². The molecule has 1 unspecified atom stereocenters. The van der Waals surface area contributed by atoms with Gasteiger partial charge in [0.25, 0.3) is 5.91 Å². The summed E-state index contributed by atoms with van der Waals surface area (Å²) >= 11 is 6.36. The zero-order valence-electron chi connectivity index (χ0n) is 17.6. The molecule has 2 aromatic carbocycles. The highest BCUT2D eigenvalue weighted by molar-refractivity contribution is 6.31. The number of aldehydes is 1. The lowest BCUT2D eigenvalue weighted by molar-refractivity contribution is -0.123. The summed E-state index contributed by atoms with van der Waals surface area (Å²) in [5.41, 5.74) is 1.85. The van der Waals surface area contributed by atoms with E-state index in [2.05, 4.69) is 6.07 Å². The van der Waals surface area contributed by atoms with Gasteiger partial charge in [0.15, 0.2) is 6.29 Å².